The van der Waals surface area contributed by atoms with E-state index in [-0.39, 0.29) is 17.9 Å². The van der Waals surface area contributed by atoms with Gasteiger partial charge in [-0.25, -0.2) is 4.79 Å². The number of carboxylic acid groups (broad SMARTS) is 1. The lowest BCUT2D eigenvalue weighted by atomic mass is 9.49. The van der Waals surface area contributed by atoms with Gasteiger partial charge in [-0.2, -0.15) is 0 Å². The maximum absolute atomic E-state index is 13.2. The van der Waals surface area contributed by atoms with Crippen LogP contribution in [-0.4, -0.2) is 58.9 Å². The molecule has 2 amide bonds. The van der Waals surface area contributed by atoms with Gasteiger partial charge in [0.15, 0.2) is 0 Å². The minimum absolute atomic E-state index is 0.0187. The van der Waals surface area contributed by atoms with Crippen LogP contribution in [0.1, 0.15) is 67.3 Å². The molecule has 0 atom stereocenters. The summed E-state index contributed by atoms with van der Waals surface area (Å²) < 4.78 is 0. The van der Waals surface area contributed by atoms with E-state index in [1.54, 1.807) is 6.07 Å². The number of nitrogens with zero attached hydrogens (tertiary/aromatic N) is 1. The van der Waals surface area contributed by atoms with Gasteiger partial charge in [0.25, 0.3) is 5.91 Å². The fourth-order valence-electron chi connectivity index (χ4n) is 7.46. The topological polar surface area (TPSA) is 102 Å². The molecule has 8 heteroatoms. The monoisotopic (exact) mass is 489 g/mol. The van der Waals surface area contributed by atoms with Gasteiger partial charge in [0.2, 0.25) is 0 Å². The molecule has 0 radical (unpaired) electrons. The Bertz CT molecular complexity index is 913. The number of carbonyl (C=O) groups excluding carboxylic acids is 1. The zero-order valence-corrected chi connectivity index (χ0v) is 20.4. The van der Waals surface area contributed by atoms with Crippen molar-refractivity contribution in [3.05, 3.63) is 34.3 Å². The van der Waals surface area contributed by atoms with Crippen LogP contribution < -0.4 is 10.6 Å². The van der Waals surface area contributed by atoms with Crippen molar-refractivity contribution in [2.24, 2.45) is 23.2 Å². The zero-order chi connectivity index (χ0) is 23.9. The van der Waals surface area contributed by atoms with Crippen LogP contribution in [0.15, 0.2) is 18.2 Å². The van der Waals surface area contributed by atoms with Crippen molar-refractivity contribution in [2.75, 3.05) is 26.2 Å². The molecular weight excluding hydrogens is 454 g/mol. The first-order valence-electron chi connectivity index (χ1n) is 12.7. The lowest BCUT2D eigenvalue weighted by Gasteiger charge is -2.56. The Balaban J connectivity index is 1.23. The Morgan fingerprint density at radius 3 is 2.29 bits per heavy atom. The van der Waals surface area contributed by atoms with Crippen molar-refractivity contribution in [2.45, 2.75) is 63.5 Å². The highest BCUT2D eigenvalue weighted by Gasteiger charge is 2.50. The molecule has 1 aromatic carbocycles. The fraction of sp³-hybridized carbons (Fsp3) is 0.692. The average molecular weight is 490 g/mol. The number of nitrogens with one attached hydrogen (secondary N) is 2. The van der Waals surface area contributed by atoms with Gasteiger partial charge in [0.1, 0.15) is 0 Å². The number of hydrogen-bond acceptors (Lipinski definition) is 4. The number of halogens is 1. The molecule has 186 valence electrons. The van der Waals surface area contributed by atoms with Crippen LogP contribution in [0, 0.1) is 23.2 Å². The third kappa shape index (κ3) is 5.21. The van der Waals surface area contributed by atoms with Crippen molar-refractivity contribution in [1.29, 1.82) is 0 Å². The van der Waals surface area contributed by atoms with Crippen LogP contribution in [0.5, 0.6) is 0 Å². The Kier molecular flexibility index (Phi) is 6.55. The van der Waals surface area contributed by atoms with Gasteiger partial charge in [-0.05, 0) is 92.2 Å². The number of hydrogen-bond donors (Lipinski definition) is 4. The van der Waals surface area contributed by atoms with E-state index < -0.39 is 11.6 Å². The van der Waals surface area contributed by atoms with E-state index in [4.69, 9.17) is 16.7 Å². The molecule has 34 heavy (non-hydrogen) atoms. The molecule has 4 N–H and O–H groups in total. The number of benzene rings is 1. The normalized spacial score (nSPS) is 30.4. The van der Waals surface area contributed by atoms with Gasteiger partial charge in [-0.15, -0.1) is 0 Å². The number of amides is 2. The highest BCUT2D eigenvalue weighted by Crippen LogP contribution is 2.59. The molecule has 1 aromatic rings. The molecule has 0 spiro atoms. The third-order valence-electron chi connectivity index (χ3n) is 8.64. The van der Waals surface area contributed by atoms with Gasteiger partial charge in [-0.3, -0.25) is 9.69 Å². The van der Waals surface area contributed by atoms with Gasteiger partial charge in [-0.1, -0.05) is 17.7 Å². The van der Waals surface area contributed by atoms with Crippen molar-refractivity contribution >= 4 is 23.6 Å². The Morgan fingerprint density at radius 2 is 1.74 bits per heavy atom. The second-order valence-electron chi connectivity index (χ2n) is 11.6. The summed E-state index contributed by atoms with van der Waals surface area (Å²) in [5.41, 5.74) is 1.23. The van der Waals surface area contributed by atoms with E-state index in [9.17, 15) is 14.7 Å². The first-order chi connectivity index (χ1) is 16.3. The predicted octanol–water partition coefficient (Wildman–Crippen LogP) is 3.88. The second kappa shape index (κ2) is 9.32. The molecule has 0 aromatic heterocycles. The zero-order valence-electron chi connectivity index (χ0n) is 19.7. The molecule has 0 saturated heterocycles. The van der Waals surface area contributed by atoms with Crippen molar-refractivity contribution < 1.29 is 19.8 Å². The average Bonchev–Trinajstić information content (AvgIpc) is 3.50. The van der Waals surface area contributed by atoms with E-state index in [2.05, 4.69) is 10.6 Å². The van der Waals surface area contributed by atoms with Crippen molar-refractivity contribution in [3.63, 3.8) is 0 Å². The summed E-state index contributed by atoms with van der Waals surface area (Å²) in [4.78, 5) is 26.3. The molecule has 0 unspecified atom stereocenters. The summed E-state index contributed by atoms with van der Waals surface area (Å²) >= 11 is 6.43. The third-order valence-corrected chi connectivity index (χ3v) is 8.97. The van der Waals surface area contributed by atoms with Gasteiger partial charge >= 0.3 is 6.09 Å². The minimum Gasteiger partial charge on any atom is -0.465 e. The molecule has 6 rings (SSSR count). The first-order valence-corrected chi connectivity index (χ1v) is 13.1. The molecule has 5 aliphatic carbocycles. The molecule has 0 aliphatic heterocycles. The standard InChI is InChI=1S/C26H36ClN3O4/c27-22-2-1-17(14-30(5-6-31)16-26(3-4-26)29-24(33)34)10-21(22)23(32)28-15-25-11-18-7-19(12-25)9-20(8-18)13-25/h1-2,10,18-20,29,31H,3-9,11-16H2,(H,28,32)(H,33,34). The maximum atomic E-state index is 13.2. The number of aliphatic hydroxyl groups is 1. The van der Waals surface area contributed by atoms with Crippen LogP contribution in [0.3, 0.4) is 0 Å². The minimum atomic E-state index is -1.02. The molecule has 0 heterocycles. The summed E-state index contributed by atoms with van der Waals surface area (Å²) in [6, 6.07) is 5.49. The van der Waals surface area contributed by atoms with Gasteiger partial charge in [0.05, 0.1) is 22.7 Å². The quantitative estimate of drug-likeness (QED) is 0.399. The molecular formula is C26H36ClN3O4. The molecule has 5 fully saturated rings. The van der Waals surface area contributed by atoms with Crippen LogP contribution in [0.2, 0.25) is 5.02 Å². The number of carbonyl (C=O) groups is 2. The molecule has 5 saturated carbocycles. The predicted molar refractivity (Wildman–Crippen MR) is 130 cm³/mol. The highest BCUT2D eigenvalue weighted by molar-refractivity contribution is 6.33. The van der Waals surface area contributed by atoms with E-state index in [1.807, 2.05) is 17.0 Å². The molecule has 5 aliphatic rings. The number of rotatable bonds is 10. The van der Waals surface area contributed by atoms with Gasteiger partial charge < -0.3 is 20.8 Å². The Hall–Kier alpha value is -1.83. The first kappa shape index (κ1) is 23.9. The van der Waals surface area contributed by atoms with Crippen molar-refractivity contribution in [1.82, 2.24) is 15.5 Å². The summed E-state index contributed by atoms with van der Waals surface area (Å²) in [7, 11) is 0. The van der Waals surface area contributed by atoms with E-state index in [0.29, 0.717) is 30.2 Å². The molecule has 4 bridgehead atoms. The van der Waals surface area contributed by atoms with Crippen molar-refractivity contribution in [3.8, 4) is 0 Å². The molecule has 7 nitrogen and oxygen atoms in total. The summed E-state index contributed by atoms with van der Waals surface area (Å²) in [5, 5.41) is 24.9. The smallest absolute Gasteiger partial charge is 0.405 e. The Morgan fingerprint density at radius 1 is 1.09 bits per heavy atom. The fourth-order valence-corrected chi connectivity index (χ4v) is 7.66. The number of aliphatic hydroxyl groups excluding tert-OH is 1. The maximum Gasteiger partial charge on any atom is 0.405 e. The SMILES string of the molecule is O=C(O)NC1(CN(CCO)Cc2ccc(Cl)c(C(=O)NCC34CC5CC(CC(C5)C3)C4)c2)CC1. The van der Waals surface area contributed by atoms with Crippen LogP contribution in [0.4, 0.5) is 4.79 Å². The summed E-state index contributed by atoms with van der Waals surface area (Å²) in [6.07, 6.45) is 8.45. The summed E-state index contributed by atoms with van der Waals surface area (Å²) in [5.74, 6) is 2.41. The largest absolute Gasteiger partial charge is 0.465 e. The van der Waals surface area contributed by atoms with Gasteiger partial charge in [0, 0.05) is 26.2 Å². The van der Waals surface area contributed by atoms with E-state index in [0.717, 1.165) is 42.7 Å². The lowest BCUT2D eigenvalue weighted by molar-refractivity contribution is -0.0503. The summed E-state index contributed by atoms with van der Waals surface area (Å²) in [6.45, 7) is 2.18. The highest BCUT2D eigenvalue weighted by atomic mass is 35.5. The second-order valence-corrected chi connectivity index (χ2v) is 12.0. The lowest BCUT2D eigenvalue weighted by Crippen LogP contribution is -2.51. The Labute approximate surface area is 206 Å². The van der Waals surface area contributed by atoms with E-state index >= 15 is 0 Å². The van der Waals surface area contributed by atoms with Crippen LogP contribution in [-0.2, 0) is 6.54 Å². The van der Waals surface area contributed by atoms with Crippen LogP contribution in [0.25, 0.3) is 0 Å². The van der Waals surface area contributed by atoms with E-state index in [1.165, 1.54) is 38.5 Å². The van der Waals surface area contributed by atoms with Crippen LogP contribution >= 0.6 is 11.6 Å².